The number of ether oxygens (including phenoxy) is 2. The lowest BCUT2D eigenvalue weighted by atomic mass is 9.81. The molecule has 4 rings (SSSR count). The molecular formula is C20H23NO5. The van der Waals surface area contributed by atoms with Crippen LogP contribution in [-0.4, -0.2) is 28.9 Å². The summed E-state index contributed by atoms with van der Waals surface area (Å²) in [6.07, 6.45) is 5.74. The average molecular weight is 357 g/mol. The van der Waals surface area contributed by atoms with Crippen LogP contribution in [0.4, 0.5) is 0 Å². The Balaban J connectivity index is 2.11. The van der Waals surface area contributed by atoms with Gasteiger partial charge in [-0.05, 0) is 32.8 Å². The number of rotatable bonds is 5. The summed E-state index contributed by atoms with van der Waals surface area (Å²) in [6.45, 7) is 4.77. The molecule has 1 aliphatic heterocycles. The SMILES string of the molecule is CCOc1cc2c(=O)c(C(=O)O)cn3c2c(c1OCC)C1CCCCC13. The second kappa shape index (κ2) is 6.34. The van der Waals surface area contributed by atoms with E-state index < -0.39 is 11.4 Å². The van der Waals surface area contributed by atoms with Gasteiger partial charge >= 0.3 is 5.97 Å². The Morgan fingerprint density at radius 3 is 2.65 bits per heavy atom. The molecule has 2 aliphatic rings. The van der Waals surface area contributed by atoms with E-state index in [0.717, 1.165) is 36.8 Å². The van der Waals surface area contributed by atoms with Crippen LogP contribution in [0, 0.1) is 0 Å². The van der Waals surface area contributed by atoms with Crippen LogP contribution in [0.1, 0.15) is 67.4 Å². The Morgan fingerprint density at radius 1 is 1.23 bits per heavy atom. The van der Waals surface area contributed by atoms with Gasteiger partial charge in [0, 0.05) is 23.7 Å². The number of aromatic carboxylic acids is 1. The van der Waals surface area contributed by atoms with E-state index in [4.69, 9.17) is 9.47 Å². The topological polar surface area (TPSA) is 77.8 Å². The van der Waals surface area contributed by atoms with Gasteiger partial charge in [-0.1, -0.05) is 12.8 Å². The molecule has 1 aromatic carbocycles. The number of hydrogen-bond acceptors (Lipinski definition) is 4. The largest absolute Gasteiger partial charge is 0.490 e. The molecule has 0 spiro atoms. The zero-order valence-corrected chi connectivity index (χ0v) is 15.1. The van der Waals surface area contributed by atoms with Gasteiger partial charge in [-0.2, -0.15) is 0 Å². The first-order valence-corrected chi connectivity index (χ1v) is 9.33. The van der Waals surface area contributed by atoms with E-state index in [1.165, 1.54) is 6.20 Å². The second-order valence-corrected chi connectivity index (χ2v) is 6.92. The van der Waals surface area contributed by atoms with Crippen molar-refractivity contribution >= 4 is 16.9 Å². The molecule has 1 aliphatic carbocycles. The molecule has 26 heavy (non-hydrogen) atoms. The highest BCUT2D eigenvalue weighted by Gasteiger charge is 2.40. The highest BCUT2D eigenvalue weighted by molar-refractivity contribution is 5.96. The predicted molar refractivity (Wildman–Crippen MR) is 97.8 cm³/mol. The standard InChI is InChI=1S/C20H23NO5/c1-3-25-15-9-12-17-16(19(15)26-4-2)11-7-5-6-8-14(11)21(17)10-13(18(12)22)20(23)24/h9-11,14H,3-8H2,1-2H3,(H,23,24). The van der Waals surface area contributed by atoms with Gasteiger partial charge in [0.05, 0.1) is 24.1 Å². The maximum Gasteiger partial charge on any atom is 0.341 e. The Hall–Kier alpha value is -2.50. The van der Waals surface area contributed by atoms with Crippen LogP contribution in [0.25, 0.3) is 10.9 Å². The van der Waals surface area contributed by atoms with E-state index in [1.807, 2.05) is 18.4 Å². The summed E-state index contributed by atoms with van der Waals surface area (Å²) in [5.41, 5.74) is 1.21. The fourth-order valence-corrected chi connectivity index (χ4v) is 4.60. The minimum atomic E-state index is -1.19. The number of fused-ring (bicyclic) bond motifs is 3. The normalized spacial score (nSPS) is 20.8. The minimum absolute atomic E-state index is 0.177. The lowest BCUT2D eigenvalue weighted by Crippen LogP contribution is -2.20. The van der Waals surface area contributed by atoms with Gasteiger partial charge < -0.3 is 19.1 Å². The first-order chi connectivity index (χ1) is 12.6. The zero-order chi connectivity index (χ0) is 18.4. The van der Waals surface area contributed by atoms with E-state index >= 15 is 0 Å². The van der Waals surface area contributed by atoms with E-state index in [2.05, 4.69) is 0 Å². The van der Waals surface area contributed by atoms with Gasteiger partial charge in [0.1, 0.15) is 5.56 Å². The molecule has 2 heterocycles. The molecule has 1 saturated carbocycles. The van der Waals surface area contributed by atoms with E-state index in [-0.39, 0.29) is 17.5 Å². The molecule has 1 fully saturated rings. The molecule has 0 bridgehead atoms. The first kappa shape index (κ1) is 16.9. The highest BCUT2D eigenvalue weighted by atomic mass is 16.5. The molecular weight excluding hydrogens is 334 g/mol. The van der Waals surface area contributed by atoms with Gasteiger partial charge in [0.2, 0.25) is 5.43 Å². The number of aromatic nitrogens is 1. The fourth-order valence-electron chi connectivity index (χ4n) is 4.60. The molecule has 2 aromatic rings. The summed E-state index contributed by atoms with van der Waals surface area (Å²) >= 11 is 0. The second-order valence-electron chi connectivity index (χ2n) is 6.92. The molecule has 2 unspecified atom stereocenters. The molecule has 138 valence electrons. The first-order valence-electron chi connectivity index (χ1n) is 9.33. The average Bonchev–Trinajstić information content (AvgIpc) is 2.95. The van der Waals surface area contributed by atoms with Gasteiger partial charge in [0.25, 0.3) is 0 Å². The Labute approximate surface area is 151 Å². The lowest BCUT2D eigenvalue weighted by Gasteiger charge is -2.28. The van der Waals surface area contributed by atoms with Crippen molar-refractivity contribution in [2.45, 2.75) is 51.5 Å². The van der Waals surface area contributed by atoms with E-state index in [9.17, 15) is 14.7 Å². The molecule has 6 heteroatoms. The van der Waals surface area contributed by atoms with Crippen molar-refractivity contribution in [1.82, 2.24) is 4.57 Å². The highest BCUT2D eigenvalue weighted by Crippen LogP contribution is 2.54. The van der Waals surface area contributed by atoms with Crippen molar-refractivity contribution < 1.29 is 19.4 Å². The van der Waals surface area contributed by atoms with Crippen LogP contribution in [0.5, 0.6) is 11.5 Å². The zero-order valence-electron chi connectivity index (χ0n) is 15.1. The van der Waals surface area contributed by atoms with Gasteiger partial charge in [0.15, 0.2) is 11.5 Å². The third-order valence-electron chi connectivity index (χ3n) is 5.55. The molecule has 0 radical (unpaired) electrons. The fraction of sp³-hybridized carbons (Fsp3) is 0.500. The molecule has 0 amide bonds. The third-order valence-corrected chi connectivity index (χ3v) is 5.55. The molecule has 1 aromatic heterocycles. The smallest absolute Gasteiger partial charge is 0.341 e. The quantitative estimate of drug-likeness (QED) is 0.883. The minimum Gasteiger partial charge on any atom is -0.490 e. The summed E-state index contributed by atoms with van der Waals surface area (Å²) in [7, 11) is 0. The Morgan fingerprint density at radius 2 is 1.96 bits per heavy atom. The van der Waals surface area contributed by atoms with Crippen LogP contribution in [0.2, 0.25) is 0 Å². The Kier molecular flexibility index (Phi) is 4.13. The summed E-state index contributed by atoms with van der Waals surface area (Å²) in [4.78, 5) is 24.5. The number of nitrogens with zero attached hydrogens (tertiary/aromatic N) is 1. The summed E-state index contributed by atoms with van der Waals surface area (Å²) in [6, 6.07) is 1.84. The van der Waals surface area contributed by atoms with Crippen molar-refractivity contribution in [2.75, 3.05) is 13.2 Å². The monoisotopic (exact) mass is 357 g/mol. The molecule has 1 N–H and O–H groups in total. The number of pyridine rings is 1. The van der Waals surface area contributed by atoms with Gasteiger partial charge in [-0.15, -0.1) is 0 Å². The molecule has 6 nitrogen and oxygen atoms in total. The predicted octanol–water partition coefficient (Wildman–Crippen LogP) is 3.71. The maximum absolute atomic E-state index is 12.8. The van der Waals surface area contributed by atoms with E-state index in [1.54, 1.807) is 6.07 Å². The van der Waals surface area contributed by atoms with E-state index in [0.29, 0.717) is 30.1 Å². The number of carbonyl (C=O) groups is 1. The van der Waals surface area contributed by atoms with Crippen LogP contribution in [0.3, 0.4) is 0 Å². The number of hydrogen-bond donors (Lipinski definition) is 1. The van der Waals surface area contributed by atoms with Crippen molar-refractivity contribution in [1.29, 1.82) is 0 Å². The van der Waals surface area contributed by atoms with Crippen molar-refractivity contribution in [3.63, 3.8) is 0 Å². The maximum atomic E-state index is 12.8. The van der Waals surface area contributed by atoms with Crippen LogP contribution in [0.15, 0.2) is 17.1 Å². The summed E-state index contributed by atoms with van der Waals surface area (Å²) in [5, 5.41) is 9.92. The van der Waals surface area contributed by atoms with Gasteiger partial charge in [-0.3, -0.25) is 4.79 Å². The van der Waals surface area contributed by atoms with Crippen LogP contribution < -0.4 is 14.9 Å². The summed E-state index contributed by atoms with van der Waals surface area (Å²) < 4.78 is 13.8. The van der Waals surface area contributed by atoms with Crippen molar-refractivity contribution in [3.8, 4) is 11.5 Å². The van der Waals surface area contributed by atoms with Crippen molar-refractivity contribution in [2.24, 2.45) is 0 Å². The number of carboxylic acid groups (broad SMARTS) is 1. The van der Waals surface area contributed by atoms with Crippen LogP contribution >= 0.6 is 0 Å². The number of benzene rings is 1. The van der Waals surface area contributed by atoms with Crippen LogP contribution in [-0.2, 0) is 0 Å². The molecule has 2 atom stereocenters. The van der Waals surface area contributed by atoms with Gasteiger partial charge in [-0.25, -0.2) is 4.79 Å². The number of carboxylic acids is 1. The molecule has 0 saturated heterocycles. The summed E-state index contributed by atoms with van der Waals surface area (Å²) in [5.74, 6) is 0.298. The Bertz CT molecular complexity index is 946. The lowest BCUT2D eigenvalue weighted by molar-refractivity contribution is 0.0694. The van der Waals surface area contributed by atoms with Crippen molar-refractivity contribution in [3.05, 3.63) is 33.6 Å². The third kappa shape index (κ3) is 2.31.